The molecule has 1 aromatic heterocycles. The van der Waals surface area contributed by atoms with Gasteiger partial charge in [0.25, 0.3) is 5.88 Å². The highest BCUT2D eigenvalue weighted by Crippen LogP contribution is 2.56. The molecule has 3 aliphatic carbocycles. The Morgan fingerprint density at radius 1 is 1.33 bits per heavy atom. The SMILES string of the molecule is CCCCOc1noc([C@@H]([C@H]2C=C(O)[C@H]3[C@@H](C2)[C@H]2C=C[C@@H]3C2)N(C)C)c1C(=O)OC. The lowest BCUT2D eigenvalue weighted by atomic mass is 9.70. The highest BCUT2D eigenvalue weighted by molar-refractivity contribution is 5.93. The first-order chi connectivity index (χ1) is 14.5. The van der Waals surface area contributed by atoms with Crippen LogP contribution in [0.3, 0.4) is 0 Å². The van der Waals surface area contributed by atoms with E-state index in [2.05, 4.69) is 24.2 Å². The number of aliphatic hydroxyl groups excluding tert-OH is 1. The molecule has 0 radical (unpaired) electrons. The summed E-state index contributed by atoms with van der Waals surface area (Å²) in [6.45, 7) is 2.53. The van der Waals surface area contributed by atoms with Crippen molar-refractivity contribution in [3.05, 3.63) is 35.3 Å². The predicted octanol–water partition coefficient (Wildman–Crippen LogP) is 4.14. The van der Waals surface area contributed by atoms with Gasteiger partial charge in [0.05, 0.1) is 25.5 Å². The number of esters is 1. The highest BCUT2D eigenvalue weighted by Gasteiger charge is 2.50. The fourth-order valence-corrected chi connectivity index (χ4v) is 5.62. The lowest BCUT2D eigenvalue weighted by molar-refractivity contribution is 0.0587. The maximum atomic E-state index is 12.6. The Hall–Kier alpha value is -2.28. The molecule has 0 aliphatic heterocycles. The number of allylic oxidation sites excluding steroid dienone is 3. The number of nitrogens with zero attached hydrogens (tertiary/aromatic N) is 2. The number of hydrogen-bond donors (Lipinski definition) is 1. The van der Waals surface area contributed by atoms with E-state index in [1.54, 1.807) is 0 Å². The molecule has 1 aromatic rings. The molecular weight excluding hydrogens is 384 g/mol. The number of unbranched alkanes of at least 4 members (excludes halogenated alkanes) is 1. The molecule has 2 bridgehead atoms. The molecule has 7 nitrogen and oxygen atoms in total. The van der Waals surface area contributed by atoms with Gasteiger partial charge in [-0.2, -0.15) is 0 Å². The van der Waals surface area contributed by atoms with Crippen LogP contribution in [0.25, 0.3) is 0 Å². The molecule has 1 saturated carbocycles. The topological polar surface area (TPSA) is 85.0 Å². The van der Waals surface area contributed by atoms with E-state index >= 15 is 0 Å². The van der Waals surface area contributed by atoms with Crippen LogP contribution < -0.4 is 4.74 Å². The number of carbonyl (C=O) groups is 1. The summed E-state index contributed by atoms with van der Waals surface area (Å²) >= 11 is 0. The van der Waals surface area contributed by atoms with Gasteiger partial charge in [0.2, 0.25) is 0 Å². The third-order valence-corrected chi connectivity index (χ3v) is 6.94. The Labute approximate surface area is 177 Å². The summed E-state index contributed by atoms with van der Waals surface area (Å²) in [4.78, 5) is 14.6. The Bertz CT molecular complexity index is 843. The van der Waals surface area contributed by atoms with Crippen molar-refractivity contribution in [1.82, 2.24) is 10.1 Å². The van der Waals surface area contributed by atoms with Crippen molar-refractivity contribution >= 4 is 5.97 Å². The first-order valence-electron chi connectivity index (χ1n) is 10.9. The molecule has 0 spiro atoms. The molecule has 30 heavy (non-hydrogen) atoms. The quantitative estimate of drug-likeness (QED) is 0.387. The van der Waals surface area contributed by atoms with Crippen LogP contribution in [0.15, 0.2) is 28.5 Å². The summed E-state index contributed by atoms with van der Waals surface area (Å²) in [5, 5.41) is 14.9. The highest BCUT2D eigenvalue weighted by atomic mass is 16.6. The summed E-state index contributed by atoms with van der Waals surface area (Å²) < 4.78 is 16.4. The first-order valence-corrected chi connectivity index (χ1v) is 10.9. The number of hydrogen-bond acceptors (Lipinski definition) is 7. The molecule has 4 rings (SSSR count). The number of ether oxygens (including phenoxy) is 2. The minimum Gasteiger partial charge on any atom is -0.512 e. The van der Waals surface area contributed by atoms with Gasteiger partial charge >= 0.3 is 5.97 Å². The molecule has 3 aliphatic rings. The van der Waals surface area contributed by atoms with Crippen molar-refractivity contribution in [2.45, 2.75) is 38.6 Å². The number of aromatic nitrogens is 1. The second-order valence-corrected chi connectivity index (χ2v) is 8.96. The van der Waals surface area contributed by atoms with Crippen molar-refractivity contribution in [3.8, 4) is 5.88 Å². The van der Waals surface area contributed by atoms with Crippen molar-refractivity contribution in [1.29, 1.82) is 0 Å². The van der Waals surface area contributed by atoms with Crippen LogP contribution in [0.5, 0.6) is 5.88 Å². The molecular formula is C23H32N2O5. The van der Waals surface area contributed by atoms with Crippen LogP contribution in [0.1, 0.15) is 54.8 Å². The summed E-state index contributed by atoms with van der Waals surface area (Å²) in [6, 6.07) is -0.263. The van der Waals surface area contributed by atoms with E-state index in [9.17, 15) is 9.90 Å². The van der Waals surface area contributed by atoms with E-state index in [-0.39, 0.29) is 29.3 Å². The average Bonchev–Trinajstić information content (AvgIpc) is 3.43. The molecule has 7 heteroatoms. The maximum absolute atomic E-state index is 12.6. The van der Waals surface area contributed by atoms with E-state index in [1.807, 2.05) is 25.1 Å². The van der Waals surface area contributed by atoms with Crippen LogP contribution in [0, 0.1) is 29.6 Å². The molecule has 6 atom stereocenters. The molecule has 0 amide bonds. The molecule has 0 unspecified atom stereocenters. The minimum atomic E-state index is -0.519. The number of fused-ring (bicyclic) bond motifs is 5. The van der Waals surface area contributed by atoms with E-state index in [1.165, 1.54) is 7.11 Å². The van der Waals surface area contributed by atoms with Gasteiger partial charge in [-0.15, -0.1) is 0 Å². The van der Waals surface area contributed by atoms with Crippen LogP contribution in [-0.2, 0) is 4.74 Å². The van der Waals surface area contributed by atoms with Crippen LogP contribution >= 0.6 is 0 Å². The van der Waals surface area contributed by atoms with Crippen molar-refractivity contribution in [2.24, 2.45) is 29.6 Å². The average molecular weight is 417 g/mol. The Kier molecular flexibility index (Phi) is 5.91. The summed E-state index contributed by atoms with van der Waals surface area (Å²) in [5.74, 6) is 2.17. The van der Waals surface area contributed by atoms with Gasteiger partial charge in [0, 0.05) is 11.8 Å². The van der Waals surface area contributed by atoms with Crippen molar-refractivity contribution in [3.63, 3.8) is 0 Å². The molecule has 164 valence electrons. The van der Waals surface area contributed by atoms with E-state index in [0.29, 0.717) is 35.9 Å². The summed E-state index contributed by atoms with van der Waals surface area (Å²) in [7, 11) is 5.24. The number of rotatable bonds is 8. The molecule has 0 saturated heterocycles. The molecule has 1 heterocycles. The van der Waals surface area contributed by atoms with Crippen LogP contribution in [0.2, 0.25) is 0 Å². The smallest absolute Gasteiger partial charge is 0.347 e. The maximum Gasteiger partial charge on any atom is 0.347 e. The second kappa shape index (κ2) is 8.46. The van der Waals surface area contributed by atoms with Crippen LogP contribution in [0.4, 0.5) is 0 Å². The minimum absolute atomic E-state index is 0.00570. The van der Waals surface area contributed by atoms with Gasteiger partial charge in [-0.05, 0) is 62.3 Å². The summed E-state index contributed by atoms with van der Waals surface area (Å²) in [5.41, 5.74) is 0.246. The molecule has 1 N–H and O–H groups in total. The predicted molar refractivity (Wildman–Crippen MR) is 111 cm³/mol. The zero-order valence-electron chi connectivity index (χ0n) is 18.2. The van der Waals surface area contributed by atoms with E-state index in [4.69, 9.17) is 14.0 Å². The summed E-state index contributed by atoms with van der Waals surface area (Å²) in [6.07, 6.45) is 10.4. The Balaban J connectivity index is 1.67. The number of methoxy groups -OCH3 is 1. The third kappa shape index (κ3) is 3.53. The first kappa shape index (κ1) is 21.0. The van der Waals surface area contributed by atoms with Crippen LogP contribution in [-0.4, -0.2) is 48.9 Å². The van der Waals surface area contributed by atoms with Gasteiger partial charge in [0.1, 0.15) is 0 Å². The second-order valence-electron chi connectivity index (χ2n) is 8.96. The van der Waals surface area contributed by atoms with E-state index < -0.39 is 5.97 Å². The number of carbonyl (C=O) groups excluding carboxylic acids is 1. The Morgan fingerprint density at radius 3 is 2.80 bits per heavy atom. The third-order valence-electron chi connectivity index (χ3n) is 6.94. The fraction of sp³-hybridized carbons (Fsp3) is 0.652. The lowest BCUT2D eigenvalue weighted by Gasteiger charge is -2.38. The zero-order valence-corrected chi connectivity index (χ0v) is 18.2. The van der Waals surface area contributed by atoms with Gasteiger partial charge in [-0.25, -0.2) is 4.79 Å². The molecule has 0 aromatic carbocycles. The lowest BCUT2D eigenvalue weighted by Crippen LogP contribution is -2.35. The van der Waals surface area contributed by atoms with Gasteiger partial charge in [0.15, 0.2) is 11.3 Å². The van der Waals surface area contributed by atoms with Gasteiger partial charge in [-0.3, -0.25) is 4.90 Å². The monoisotopic (exact) mass is 416 g/mol. The largest absolute Gasteiger partial charge is 0.512 e. The van der Waals surface area contributed by atoms with Gasteiger partial charge < -0.3 is 19.1 Å². The fourth-order valence-electron chi connectivity index (χ4n) is 5.62. The molecule has 1 fully saturated rings. The number of aliphatic hydroxyl groups is 1. The zero-order chi connectivity index (χ0) is 21.4. The van der Waals surface area contributed by atoms with Gasteiger partial charge in [-0.1, -0.05) is 25.5 Å². The standard InChI is InChI=1S/C23H32N2O5/c1-5-6-9-29-22-19(23(27)28-4)21(30-24-22)20(25(2)3)15-11-16-13-7-8-14(10-13)18(16)17(26)12-15/h7-8,12-16,18,20,26H,5-6,9-11H2,1-4H3/t13-,14+,15+,16-,18+,20+/m0/s1. The normalized spacial score (nSPS) is 30.3. The van der Waals surface area contributed by atoms with Crippen molar-refractivity contribution in [2.75, 3.05) is 27.8 Å². The Morgan fingerprint density at radius 2 is 2.10 bits per heavy atom. The van der Waals surface area contributed by atoms with E-state index in [0.717, 1.165) is 25.7 Å². The van der Waals surface area contributed by atoms with Crippen molar-refractivity contribution < 1.29 is 23.9 Å².